The predicted molar refractivity (Wildman–Crippen MR) is 74.4 cm³/mol. The van der Waals surface area contributed by atoms with Gasteiger partial charge in [-0.05, 0) is 25.0 Å². The van der Waals surface area contributed by atoms with E-state index in [2.05, 4.69) is 0 Å². The molecule has 0 aromatic heterocycles. The smallest absolute Gasteiger partial charge is 0.305 e. The normalized spacial score (nSPS) is 13.8. The highest BCUT2D eigenvalue weighted by Crippen LogP contribution is 2.31. The fraction of sp³-hybridized carbons (Fsp3) is 0.385. The number of nitrogens with zero attached hydrogens (tertiary/aromatic N) is 2. The van der Waals surface area contributed by atoms with Crippen LogP contribution in [0.5, 0.6) is 0 Å². The zero-order chi connectivity index (χ0) is 15.6. The zero-order valence-corrected chi connectivity index (χ0v) is 11.7. The van der Waals surface area contributed by atoms with E-state index < -0.39 is 16.8 Å². The van der Waals surface area contributed by atoms with Crippen molar-refractivity contribution in [2.75, 3.05) is 6.54 Å². The van der Waals surface area contributed by atoms with Crippen LogP contribution in [0.4, 0.5) is 5.69 Å². The minimum atomic E-state index is -1.02. The number of carboxylic acid groups (broad SMARTS) is 1. The van der Waals surface area contributed by atoms with E-state index in [1.54, 1.807) is 0 Å². The molecule has 1 aliphatic rings. The third-order valence-corrected chi connectivity index (χ3v) is 3.44. The lowest BCUT2D eigenvalue weighted by Crippen LogP contribution is -2.35. The van der Waals surface area contributed by atoms with Gasteiger partial charge in [0.2, 0.25) is 0 Å². The van der Waals surface area contributed by atoms with E-state index >= 15 is 0 Å². The Balaban J connectivity index is 2.29. The van der Waals surface area contributed by atoms with E-state index in [1.807, 2.05) is 0 Å². The number of nitro benzene ring substituents is 1. The monoisotopic (exact) mass is 312 g/mol. The minimum Gasteiger partial charge on any atom is -0.481 e. The summed E-state index contributed by atoms with van der Waals surface area (Å²) < 4.78 is 0. The van der Waals surface area contributed by atoms with Gasteiger partial charge in [0.1, 0.15) is 5.56 Å². The SMILES string of the molecule is O=C(O)CCN(C(=O)c1cc(Cl)ccc1[N+](=O)[O-])C1CC1. The minimum absolute atomic E-state index is 0.0303. The maximum absolute atomic E-state index is 12.5. The molecular formula is C13H13ClN2O5. The van der Waals surface area contributed by atoms with E-state index in [1.165, 1.54) is 23.1 Å². The molecule has 1 N–H and O–H groups in total. The highest BCUT2D eigenvalue weighted by molar-refractivity contribution is 6.31. The number of aliphatic carboxylic acids is 1. The first kappa shape index (κ1) is 15.2. The summed E-state index contributed by atoms with van der Waals surface area (Å²) in [4.78, 5) is 34.9. The molecule has 0 aliphatic heterocycles. The Hall–Kier alpha value is -2.15. The number of benzene rings is 1. The fourth-order valence-corrected chi connectivity index (χ4v) is 2.22. The molecule has 0 unspecified atom stereocenters. The van der Waals surface area contributed by atoms with Crippen molar-refractivity contribution in [1.82, 2.24) is 4.90 Å². The standard InChI is InChI=1S/C13H13ClN2O5/c14-8-1-4-11(16(20)21)10(7-8)13(19)15(9-2-3-9)6-5-12(17)18/h1,4,7,9H,2-3,5-6H2,(H,17,18). The summed E-state index contributed by atoms with van der Waals surface area (Å²) in [6.45, 7) is 0.0303. The first-order chi connectivity index (χ1) is 9.90. The van der Waals surface area contributed by atoms with Crippen LogP contribution in [0.2, 0.25) is 5.02 Å². The van der Waals surface area contributed by atoms with E-state index in [9.17, 15) is 19.7 Å². The molecule has 0 atom stereocenters. The summed E-state index contributed by atoms with van der Waals surface area (Å²) >= 11 is 5.81. The molecule has 2 rings (SSSR count). The van der Waals surface area contributed by atoms with Crippen molar-refractivity contribution >= 4 is 29.2 Å². The number of carboxylic acids is 1. The molecule has 1 aliphatic carbocycles. The van der Waals surface area contributed by atoms with Gasteiger partial charge in [-0.25, -0.2) is 0 Å². The van der Waals surface area contributed by atoms with Gasteiger partial charge in [-0.2, -0.15) is 0 Å². The lowest BCUT2D eigenvalue weighted by atomic mass is 10.1. The Morgan fingerprint density at radius 2 is 2.10 bits per heavy atom. The molecule has 0 bridgehead atoms. The van der Waals surface area contributed by atoms with Crippen molar-refractivity contribution in [1.29, 1.82) is 0 Å². The molecule has 1 aromatic rings. The van der Waals surface area contributed by atoms with E-state index in [0.29, 0.717) is 0 Å². The van der Waals surface area contributed by atoms with Crippen LogP contribution < -0.4 is 0 Å². The zero-order valence-electron chi connectivity index (χ0n) is 11.0. The van der Waals surface area contributed by atoms with Crippen LogP contribution in [0.15, 0.2) is 18.2 Å². The maximum atomic E-state index is 12.5. The maximum Gasteiger partial charge on any atom is 0.305 e. The molecule has 1 saturated carbocycles. The number of carbonyl (C=O) groups excluding carboxylic acids is 1. The van der Waals surface area contributed by atoms with Crippen LogP contribution in [-0.4, -0.2) is 39.4 Å². The second-order valence-electron chi connectivity index (χ2n) is 4.79. The van der Waals surface area contributed by atoms with Gasteiger partial charge in [-0.3, -0.25) is 19.7 Å². The van der Waals surface area contributed by atoms with Crippen LogP contribution in [0.25, 0.3) is 0 Å². The molecule has 112 valence electrons. The fourth-order valence-electron chi connectivity index (χ4n) is 2.05. The van der Waals surface area contributed by atoms with Gasteiger partial charge in [-0.15, -0.1) is 0 Å². The predicted octanol–water partition coefficient (Wildman–Crippen LogP) is 2.33. The lowest BCUT2D eigenvalue weighted by Gasteiger charge is -2.21. The van der Waals surface area contributed by atoms with Crippen LogP contribution in [-0.2, 0) is 4.79 Å². The van der Waals surface area contributed by atoms with Gasteiger partial charge in [0, 0.05) is 23.7 Å². The molecule has 1 fully saturated rings. The summed E-state index contributed by atoms with van der Waals surface area (Å²) in [5.41, 5.74) is -0.435. The third kappa shape index (κ3) is 3.69. The number of amides is 1. The molecular weight excluding hydrogens is 300 g/mol. The van der Waals surface area contributed by atoms with Crippen molar-refractivity contribution < 1.29 is 19.6 Å². The summed E-state index contributed by atoms with van der Waals surface area (Å²) in [5.74, 6) is -1.57. The number of hydrogen-bond acceptors (Lipinski definition) is 4. The average Bonchev–Trinajstić information content (AvgIpc) is 3.22. The Morgan fingerprint density at radius 3 is 2.62 bits per heavy atom. The largest absolute Gasteiger partial charge is 0.481 e. The summed E-state index contributed by atoms with van der Waals surface area (Å²) in [7, 11) is 0. The highest BCUT2D eigenvalue weighted by atomic mass is 35.5. The quantitative estimate of drug-likeness (QED) is 0.641. The Morgan fingerprint density at radius 1 is 1.43 bits per heavy atom. The van der Waals surface area contributed by atoms with E-state index in [4.69, 9.17) is 16.7 Å². The molecule has 8 heteroatoms. The number of carbonyl (C=O) groups is 2. The second-order valence-corrected chi connectivity index (χ2v) is 5.23. The number of nitro groups is 1. The lowest BCUT2D eigenvalue weighted by molar-refractivity contribution is -0.385. The Labute approximate surface area is 125 Å². The Kier molecular flexibility index (Phi) is 4.42. The topological polar surface area (TPSA) is 101 Å². The summed E-state index contributed by atoms with van der Waals surface area (Å²) in [6.07, 6.45) is 1.36. The van der Waals surface area contributed by atoms with Gasteiger partial charge in [0.05, 0.1) is 11.3 Å². The molecule has 0 saturated heterocycles. The van der Waals surface area contributed by atoms with Gasteiger partial charge < -0.3 is 10.0 Å². The van der Waals surface area contributed by atoms with Crippen molar-refractivity contribution in [3.63, 3.8) is 0 Å². The van der Waals surface area contributed by atoms with Crippen molar-refractivity contribution in [3.05, 3.63) is 38.9 Å². The van der Waals surface area contributed by atoms with Gasteiger partial charge in [0.25, 0.3) is 11.6 Å². The van der Waals surface area contributed by atoms with Crippen molar-refractivity contribution in [2.24, 2.45) is 0 Å². The Bertz CT molecular complexity index is 600. The molecule has 21 heavy (non-hydrogen) atoms. The van der Waals surface area contributed by atoms with Gasteiger partial charge in [-0.1, -0.05) is 11.6 Å². The van der Waals surface area contributed by atoms with E-state index in [0.717, 1.165) is 12.8 Å². The first-order valence-electron chi connectivity index (χ1n) is 6.37. The van der Waals surface area contributed by atoms with E-state index in [-0.39, 0.29) is 35.3 Å². The van der Waals surface area contributed by atoms with Gasteiger partial charge in [0.15, 0.2) is 0 Å². The molecule has 0 radical (unpaired) electrons. The van der Waals surface area contributed by atoms with Crippen LogP contribution >= 0.6 is 11.6 Å². The second kappa shape index (κ2) is 6.09. The van der Waals surface area contributed by atoms with Crippen LogP contribution in [0.3, 0.4) is 0 Å². The molecule has 1 amide bonds. The summed E-state index contributed by atoms with van der Waals surface area (Å²) in [5, 5.41) is 20.0. The van der Waals surface area contributed by atoms with Crippen LogP contribution in [0.1, 0.15) is 29.6 Å². The molecule has 7 nitrogen and oxygen atoms in total. The van der Waals surface area contributed by atoms with Crippen LogP contribution in [0, 0.1) is 10.1 Å². The molecule has 0 heterocycles. The number of hydrogen-bond donors (Lipinski definition) is 1. The van der Waals surface area contributed by atoms with Crippen molar-refractivity contribution in [3.8, 4) is 0 Å². The highest BCUT2D eigenvalue weighted by Gasteiger charge is 2.35. The molecule has 0 spiro atoms. The van der Waals surface area contributed by atoms with Gasteiger partial charge >= 0.3 is 5.97 Å². The summed E-state index contributed by atoms with van der Waals surface area (Å²) in [6, 6.07) is 3.72. The number of rotatable bonds is 6. The number of halogens is 1. The van der Waals surface area contributed by atoms with Crippen molar-refractivity contribution in [2.45, 2.75) is 25.3 Å². The molecule has 1 aromatic carbocycles. The average molecular weight is 313 g/mol. The third-order valence-electron chi connectivity index (χ3n) is 3.20. The first-order valence-corrected chi connectivity index (χ1v) is 6.74.